The van der Waals surface area contributed by atoms with E-state index in [-0.39, 0.29) is 4.90 Å². The highest BCUT2D eigenvalue weighted by Crippen LogP contribution is 2.33. The van der Waals surface area contributed by atoms with Gasteiger partial charge in [-0.05, 0) is 30.1 Å². The Hall–Kier alpha value is -1.88. The van der Waals surface area contributed by atoms with E-state index < -0.39 is 23.3 Å². The third-order valence-electron chi connectivity index (χ3n) is 1.69. The summed E-state index contributed by atoms with van der Waals surface area (Å²) in [6.45, 7) is 0. The Bertz CT molecular complexity index is 481. The number of rotatable bonds is 2. The highest BCUT2D eigenvalue weighted by atomic mass is 32.2. The summed E-state index contributed by atoms with van der Waals surface area (Å²) in [5.74, 6) is 0. The van der Waals surface area contributed by atoms with E-state index >= 15 is 0 Å². The largest absolute Gasteiger partial charge is 0.417 e. The zero-order chi connectivity index (χ0) is 13.1. The van der Waals surface area contributed by atoms with E-state index in [2.05, 4.69) is 4.72 Å². The molecule has 0 spiro atoms. The van der Waals surface area contributed by atoms with Crippen molar-refractivity contribution < 1.29 is 18.0 Å². The van der Waals surface area contributed by atoms with Crippen molar-refractivity contribution in [2.24, 2.45) is 5.73 Å². The van der Waals surface area contributed by atoms with E-state index in [1.807, 2.05) is 0 Å². The Morgan fingerprint density at radius 2 is 2.12 bits per heavy atom. The molecule has 8 heteroatoms. The van der Waals surface area contributed by atoms with Crippen molar-refractivity contribution >= 4 is 18.0 Å². The molecular weight excluding hydrogens is 255 g/mol. The smallest absolute Gasteiger partial charge is 0.351 e. The maximum absolute atomic E-state index is 12.5. The molecule has 0 unspecified atom stereocenters. The second kappa shape index (κ2) is 4.97. The number of primary amides is 1. The number of nitrogens with one attached hydrogen (secondary N) is 1. The second-order valence-electron chi connectivity index (χ2n) is 2.89. The zero-order valence-electron chi connectivity index (χ0n) is 8.21. The first kappa shape index (κ1) is 13.2. The molecule has 1 aromatic carbocycles. The fourth-order valence-electron chi connectivity index (χ4n) is 1.03. The van der Waals surface area contributed by atoms with E-state index in [1.165, 1.54) is 12.1 Å². The number of carbonyl (C=O) groups excluding carboxylic acids is 1. The van der Waals surface area contributed by atoms with E-state index in [1.54, 1.807) is 0 Å². The molecule has 0 saturated carbocycles. The lowest BCUT2D eigenvalue weighted by Crippen LogP contribution is -2.22. The molecule has 0 atom stereocenters. The molecule has 1 aromatic rings. The molecule has 2 amide bonds. The van der Waals surface area contributed by atoms with Gasteiger partial charge >= 0.3 is 12.2 Å². The van der Waals surface area contributed by atoms with E-state index in [4.69, 9.17) is 11.0 Å². The molecular formula is C9H6F3N3OS. The molecule has 3 N–H and O–H groups in total. The van der Waals surface area contributed by atoms with Crippen molar-refractivity contribution in [3.05, 3.63) is 29.3 Å². The van der Waals surface area contributed by atoms with Gasteiger partial charge in [0, 0.05) is 4.90 Å². The van der Waals surface area contributed by atoms with Crippen LogP contribution in [0.1, 0.15) is 11.1 Å². The molecule has 1 rings (SSSR count). The Morgan fingerprint density at radius 1 is 1.47 bits per heavy atom. The molecule has 0 aromatic heterocycles. The maximum atomic E-state index is 12.5. The fraction of sp³-hybridized carbons (Fsp3) is 0.111. The predicted molar refractivity (Wildman–Crippen MR) is 54.7 cm³/mol. The maximum Gasteiger partial charge on any atom is 0.417 e. The lowest BCUT2D eigenvalue weighted by Gasteiger charge is -2.10. The molecule has 0 fully saturated rings. The van der Waals surface area contributed by atoms with Gasteiger partial charge in [0.1, 0.15) is 0 Å². The summed E-state index contributed by atoms with van der Waals surface area (Å²) in [7, 11) is 0. The molecule has 17 heavy (non-hydrogen) atoms. The molecule has 0 aliphatic carbocycles. The van der Waals surface area contributed by atoms with Gasteiger partial charge in [-0.1, -0.05) is 0 Å². The number of hydrogen-bond acceptors (Lipinski definition) is 3. The average molecular weight is 261 g/mol. The van der Waals surface area contributed by atoms with Gasteiger partial charge in [0.05, 0.1) is 17.2 Å². The molecule has 4 nitrogen and oxygen atoms in total. The van der Waals surface area contributed by atoms with Crippen LogP contribution in [0, 0.1) is 11.3 Å². The number of halogens is 3. The quantitative estimate of drug-likeness (QED) is 0.801. The van der Waals surface area contributed by atoms with Crippen LogP contribution in [0.4, 0.5) is 18.0 Å². The first-order valence-electron chi connectivity index (χ1n) is 4.18. The van der Waals surface area contributed by atoms with Crippen molar-refractivity contribution in [2.45, 2.75) is 11.1 Å². The van der Waals surface area contributed by atoms with Crippen molar-refractivity contribution in [1.82, 2.24) is 4.72 Å². The summed E-state index contributed by atoms with van der Waals surface area (Å²) in [5, 5.41) is 8.54. The van der Waals surface area contributed by atoms with Crippen molar-refractivity contribution in [1.29, 1.82) is 5.26 Å². The van der Waals surface area contributed by atoms with Crippen molar-refractivity contribution in [3.8, 4) is 6.07 Å². The lowest BCUT2D eigenvalue weighted by molar-refractivity contribution is -0.137. The van der Waals surface area contributed by atoms with Crippen LogP contribution in [0.2, 0.25) is 0 Å². The Kier molecular flexibility index (Phi) is 3.85. The highest BCUT2D eigenvalue weighted by Gasteiger charge is 2.33. The second-order valence-corrected chi connectivity index (χ2v) is 3.76. The van der Waals surface area contributed by atoms with E-state index in [0.717, 1.165) is 12.1 Å². The standard InChI is InChI=1S/C9H6F3N3OS/c10-9(11,12)7-3-6(17-15-8(14)16)2-1-5(7)4-13/h1-3H,(H3,14,15,16). The fourth-order valence-corrected chi connectivity index (χ4v) is 1.56. The van der Waals surface area contributed by atoms with Crippen LogP contribution in [-0.2, 0) is 6.18 Å². The molecule has 0 saturated heterocycles. The lowest BCUT2D eigenvalue weighted by atomic mass is 10.1. The van der Waals surface area contributed by atoms with Crippen molar-refractivity contribution in [3.63, 3.8) is 0 Å². The van der Waals surface area contributed by atoms with Gasteiger partial charge < -0.3 is 5.73 Å². The third kappa shape index (κ3) is 3.57. The summed E-state index contributed by atoms with van der Waals surface area (Å²) >= 11 is 0.644. The van der Waals surface area contributed by atoms with Crippen LogP contribution in [0.3, 0.4) is 0 Å². The van der Waals surface area contributed by atoms with Gasteiger partial charge in [-0.3, -0.25) is 4.72 Å². The third-order valence-corrected chi connectivity index (χ3v) is 2.48. The van der Waals surface area contributed by atoms with Crippen LogP contribution in [0.15, 0.2) is 23.1 Å². The molecule has 0 bridgehead atoms. The number of carbonyl (C=O) groups is 1. The number of nitrogens with zero attached hydrogens (tertiary/aromatic N) is 1. The molecule has 0 aliphatic heterocycles. The normalized spacial score (nSPS) is 10.7. The number of urea groups is 1. The number of alkyl halides is 3. The topological polar surface area (TPSA) is 78.9 Å². The van der Waals surface area contributed by atoms with Gasteiger partial charge in [-0.15, -0.1) is 0 Å². The summed E-state index contributed by atoms with van der Waals surface area (Å²) in [6.07, 6.45) is -4.62. The summed E-state index contributed by atoms with van der Waals surface area (Å²) < 4.78 is 39.7. The average Bonchev–Trinajstić information content (AvgIpc) is 2.24. The van der Waals surface area contributed by atoms with Crippen LogP contribution in [-0.4, -0.2) is 6.03 Å². The minimum atomic E-state index is -4.62. The van der Waals surface area contributed by atoms with Gasteiger partial charge in [-0.2, -0.15) is 18.4 Å². The van der Waals surface area contributed by atoms with E-state index in [9.17, 15) is 18.0 Å². The van der Waals surface area contributed by atoms with Crippen LogP contribution >= 0.6 is 11.9 Å². The molecule has 0 radical (unpaired) electrons. The van der Waals surface area contributed by atoms with Crippen LogP contribution < -0.4 is 10.5 Å². The number of nitriles is 1. The van der Waals surface area contributed by atoms with Crippen LogP contribution in [0.25, 0.3) is 0 Å². The van der Waals surface area contributed by atoms with Gasteiger partial charge in [0.2, 0.25) is 0 Å². The minimum Gasteiger partial charge on any atom is -0.351 e. The van der Waals surface area contributed by atoms with Crippen molar-refractivity contribution in [2.75, 3.05) is 0 Å². The Balaban J connectivity index is 3.06. The number of nitrogens with two attached hydrogens (primary N) is 1. The molecule has 90 valence electrons. The van der Waals surface area contributed by atoms with E-state index in [0.29, 0.717) is 11.9 Å². The van der Waals surface area contributed by atoms with Gasteiger partial charge in [0.25, 0.3) is 0 Å². The number of benzene rings is 1. The van der Waals surface area contributed by atoms with Crippen LogP contribution in [0.5, 0.6) is 0 Å². The number of hydrogen-bond donors (Lipinski definition) is 2. The first-order chi connectivity index (χ1) is 7.84. The Morgan fingerprint density at radius 3 is 2.59 bits per heavy atom. The van der Waals surface area contributed by atoms with Gasteiger partial charge in [0.15, 0.2) is 0 Å². The number of amides is 2. The summed E-state index contributed by atoms with van der Waals surface area (Å²) in [5.41, 5.74) is 3.26. The predicted octanol–water partition coefficient (Wildman–Crippen LogP) is 2.25. The monoisotopic (exact) mass is 261 g/mol. The molecule has 0 heterocycles. The summed E-state index contributed by atoms with van der Waals surface area (Å²) in [4.78, 5) is 10.5. The van der Waals surface area contributed by atoms with Gasteiger partial charge in [-0.25, -0.2) is 4.79 Å². The zero-order valence-corrected chi connectivity index (χ0v) is 9.02. The first-order valence-corrected chi connectivity index (χ1v) is 5.00. The SMILES string of the molecule is N#Cc1ccc(SNC(N)=O)cc1C(F)(F)F. The Labute approximate surface area is 98.7 Å². The minimum absolute atomic E-state index is 0.134. The highest BCUT2D eigenvalue weighted by molar-refractivity contribution is 7.98. The summed E-state index contributed by atoms with van der Waals surface area (Å²) in [6, 6.07) is 3.68. The molecule has 0 aliphatic rings.